The summed E-state index contributed by atoms with van der Waals surface area (Å²) in [6.07, 6.45) is 7.45. The Morgan fingerprint density at radius 2 is 2.05 bits per heavy atom. The number of hydrogen-bond acceptors (Lipinski definition) is 6. The Morgan fingerprint density at radius 3 is 2.76 bits per heavy atom. The molecule has 198 valence electrons. The van der Waals surface area contributed by atoms with Gasteiger partial charge in [-0.2, -0.15) is 0 Å². The number of methoxy groups -OCH3 is 1. The lowest BCUT2D eigenvalue weighted by Gasteiger charge is -2.21. The summed E-state index contributed by atoms with van der Waals surface area (Å²) in [5.41, 5.74) is 3.71. The third-order valence-corrected chi connectivity index (χ3v) is 8.14. The molecule has 37 heavy (non-hydrogen) atoms. The second-order valence-electron chi connectivity index (χ2n) is 10.3. The number of benzene rings is 1. The van der Waals surface area contributed by atoms with Crippen LogP contribution in [0.4, 0.5) is 0 Å². The number of unbranched alkanes of at least 4 members (excludes halogenated alkanes) is 2. The van der Waals surface area contributed by atoms with E-state index in [-0.39, 0.29) is 17.9 Å². The van der Waals surface area contributed by atoms with Crippen LogP contribution in [0.1, 0.15) is 69.5 Å². The average Bonchev–Trinajstić information content (AvgIpc) is 3.57. The van der Waals surface area contributed by atoms with E-state index >= 15 is 0 Å². The number of hydrogen-bond donors (Lipinski definition) is 0. The van der Waals surface area contributed by atoms with Crippen molar-refractivity contribution in [2.45, 2.75) is 71.3 Å². The first kappa shape index (κ1) is 27.1. The minimum absolute atomic E-state index is 0.00788. The van der Waals surface area contributed by atoms with Gasteiger partial charge in [-0.15, -0.1) is 17.9 Å². The minimum atomic E-state index is -0.00788. The molecule has 1 aromatic carbocycles. The molecule has 0 aliphatic heterocycles. The van der Waals surface area contributed by atoms with Crippen molar-refractivity contribution in [3.05, 3.63) is 47.5 Å². The van der Waals surface area contributed by atoms with Gasteiger partial charge in [-0.05, 0) is 63.5 Å². The summed E-state index contributed by atoms with van der Waals surface area (Å²) in [5, 5.41) is 3.94. The Hall–Kier alpha value is -2.93. The zero-order valence-corrected chi connectivity index (χ0v) is 23.6. The van der Waals surface area contributed by atoms with Crippen LogP contribution in [-0.2, 0) is 4.79 Å². The second-order valence-corrected chi connectivity index (χ2v) is 11.2. The summed E-state index contributed by atoms with van der Waals surface area (Å²) in [6, 6.07) is 6.00. The van der Waals surface area contributed by atoms with Gasteiger partial charge in [0, 0.05) is 41.9 Å². The maximum atomic E-state index is 13.1. The van der Waals surface area contributed by atoms with E-state index in [1.54, 1.807) is 18.4 Å². The summed E-state index contributed by atoms with van der Waals surface area (Å²) in [4.78, 5) is 24.8. The lowest BCUT2D eigenvalue weighted by atomic mass is 10.1. The SMILES string of the molecule is C=CCCCCN(C)C(=O)[C@H]1CC[C@@H](Oc2cc(-c3nc(C(C)C)cs3)nc3c(C)c(OC)ccc23)C1. The topological polar surface area (TPSA) is 64.6 Å². The van der Waals surface area contributed by atoms with Gasteiger partial charge in [0.2, 0.25) is 5.91 Å². The number of nitrogens with zero attached hydrogens (tertiary/aromatic N) is 3. The molecule has 1 saturated carbocycles. The summed E-state index contributed by atoms with van der Waals surface area (Å²) >= 11 is 1.61. The summed E-state index contributed by atoms with van der Waals surface area (Å²) in [6.45, 7) is 10.9. The molecule has 6 nitrogen and oxygen atoms in total. The first-order valence-electron chi connectivity index (χ1n) is 13.3. The number of aromatic nitrogens is 2. The number of allylic oxidation sites excluding steroid dienone is 1. The highest BCUT2D eigenvalue weighted by atomic mass is 32.1. The predicted molar refractivity (Wildman–Crippen MR) is 152 cm³/mol. The van der Waals surface area contributed by atoms with Crippen LogP contribution in [0, 0.1) is 12.8 Å². The Morgan fingerprint density at radius 1 is 1.24 bits per heavy atom. The summed E-state index contributed by atoms with van der Waals surface area (Å²) in [5.74, 6) is 2.19. The fourth-order valence-electron chi connectivity index (χ4n) is 4.99. The maximum absolute atomic E-state index is 13.1. The molecule has 0 unspecified atom stereocenters. The largest absolute Gasteiger partial charge is 0.496 e. The first-order valence-corrected chi connectivity index (χ1v) is 14.2. The van der Waals surface area contributed by atoms with E-state index in [1.807, 2.05) is 43.1 Å². The van der Waals surface area contributed by atoms with Crippen LogP contribution in [-0.4, -0.2) is 47.6 Å². The van der Waals surface area contributed by atoms with Crippen LogP contribution < -0.4 is 9.47 Å². The van der Waals surface area contributed by atoms with Crippen molar-refractivity contribution in [3.63, 3.8) is 0 Å². The van der Waals surface area contributed by atoms with Crippen LogP contribution in [0.3, 0.4) is 0 Å². The van der Waals surface area contributed by atoms with E-state index in [9.17, 15) is 4.79 Å². The number of amides is 1. The van der Waals surface area contributed by atoms with E-state index in [0.29, 0.717) is 5.92 Å². The molecule has 1 amide bonds. The van der Waals surface area contributed by atoms with E-state index in [2.05, 4.69) is 25.8 Å². The Bertz CT molecular complexity index is 1250. The van der Waals surface area contributed by atoms with Gasteiger partial charge in [-0.3, -0.25) is 4.79 Å². The molecule has 4 rings (SSSR count). The van der Waals surface area contributed by atoms with Gasteiger partial charge >= 0.3 is 0 Å². The number of thiazole rings is 1. The standard InChI is InChI=1S/C30H39N3O3S/c1-7-8-9-10-15-33(5)30(34)21-11-12-22(16-21)36-27-17-24(29-32-25(18-37-29)19(2)3)31-28-20(4)26(35-6)14-13-23(27)28/h7,13-14,17-19,21-22H,1,8-12,15-16H2,2-6H3/t21-,22+/m0/s1. The van der Waals surface area contributed by atoms with Crippen molar-refractivity contribution >= 4 is 28.1 Å². The van der Waals surface area contributed by atoms with Crippen molar-refractivity contribution in [2.75, 3.05) is 20.7 Å². The van der Waals surface area contributed by atoms with Gasteiger partial charge in [-0.1, -0.05) is 19.9 Å². The molecular weight excluding hydrogens is 482 g/mol. The third-order valence-electron chi connectivity index (χ3n) is 7.25. The molecule has 0 N–H and O–H groups in total. The first-order chi connectivity index (χ1) is 17.8. The maximum Gasteiger partial charge on any atom is 0.225 e. The van der Waals surface area contributed by atoms with Gasteiger partial charge < -0.3 is 14.4 Å². The van der Waals surface area contributed by atoms with Gasteiger partial charge in [0.25, 0.3) is 0 Å². The molecule has 7 heteroatoms. The van der Waals surface area contributed by atoms with Crippen LogP contribution in [0.2, 0.25) is 0 Å². The molecule has 0 spiro atoms. The number of carbonyl (C=O) groups is 1. The van der Waals surface area contributed by atoms with Crippen LogP contribution in [0.25, 0.3) is 21.6 Å². The molecule has 1 aliphatic rings. The Balaban J connectivity index is 1.56. The molecule has 2 aromatic heterocycles. The molecule has 1 aliphatic carbocycles. The number of pyridine rings is 1. The van der Waals surface area contributed by atoms with Gasteiger partial charge in [0.15, 0.2) is 0 Å². The van der Waals surface area contributed by atoms with Gasteiger partial charge in [-0.25, -0.2) is 9.97 Å². The van der Waals surface area contributed by atoms with Gasteiger partial charge in [0.1, 0.15) is 22.2 Å². The number of ether oxygens (including phenoxy) is 2. The van der Waals surface area contributed by atoms with E-state index in [4.69, 9.17) is 19.4 Å². The van der Waals surface area contributed by atoms with Crippen LogP contribution >= 0.6 is 11.3 Å². The number of rotatable bonds is 11. The molecule has 0 radical (unpaired) electrons. The summed E-state index contributed by atoms with van der Waals surface area (Å²) in [7, 11) is 3.60. The predicted octanol–water partition coefficient (Wildman–Crippen LogP) is 7.16. The highest BCUT2D eigenvalue weighted by Gasteiger charge is 2.33. The highest BCUT2D eigenvalue weighted by Crippen LogP contribution is 2.39. The fourth-order valence-corrected chi connectivity index (χ4v) is 5.93. The monoisotopic (exact) mass is 521 g/mol. The molecule has 2 atom stereocenters. The fraction of sp³-hybridized carbons (Fsp3) is 0.500. The normalized spacial score (nSPS) is 17.4. The molecule has 1 fully saturated rings. The van der Waals surface area contributed by atoms with Crippen molar-refractivity contribution in [2.24, 2.45) is 5.92 Å². The van der Waals surface area contributed by atoms with E-state index < -0.39 is 0 Å². The molecule has 2 heterocycles. The second kappa shape index (κ2) is 12.1. The van der Waals surface area contributed by atoms with E-state index in [0.717, 1.165) is 89.4 Å². The van der Waals surface area contributed by atoms with Crippen LogP contribution in [0.5, 0.6) is 11.5 Å². The molecule has 3 aromatic rings. The Kier molecular flexibility index (Phi) is 8.85. The van der Waals surface area contributed by atoms with Crippen molar-refractivity contribution in [1.82, 2.24) is 14.9 Å². The van der Waals surface area contributed by atoms with Gasteiger partial charge in [0.05, 0.1) is 24.4 Å². The van der Waals surface area contributed by atoms with Crippen molar-refractivity contribution in [1.29, 1.82) is 0 Å². The number of aryl methyl sites for hydroxylation is 1. The molecular formula is C30H39N3O3S. The third kappa shape index (κ3) is 6.15. The number of fused-ring (bicyclic) bond motifs is 1. The summed E-state index contributed by atoms with van der Waals surface area (Å²) < 4.78 is 12.2. The Labute approximate surface area is 224 Å². The zero-order chi connectivity index (χ0) is 26.5. The average molecular weight is 522 g/mol. The smallest absolute Gasteiger partial charge is 0.225 e. The quantitative estimate of drug-likeness (QED) is 0.198. The highest BCUT2D eigenvalue weighted by molar-refractivity contribution is 7.13. The number of carbonyl (C=O) groups excluding carboxylic acids is 1. The zero-order valence-electron chi connectivity index (χ0n) is 22.8. The van der Waals surface area contributed by atoms with Crippen LogP contribution in [0.15, 0.2) is 36.2 Å². The lowest BCUT2D eigenvalue weighted by Crippen LogP contribution is -2.33. The molecule has 0 saturated heterocycles. The lowest BCUT2D eigenvalue weighted by molar-refractivity contribution is -0.134. The van der Waals surface area contributed by atoms with Crippen molar-refractivity contribution < 1.29 is 14.3 Å². The van der Waals surface area contributed by atoms with Crippen molar-refractivity contribution in [3.8, 4) is 22.2 Å². The minimum Gasteiger partial charge on any atom is -0.496 e. The van der Waals surface area contributed by atoms with E-state index in [1.165, 1.54) is 0 Å². The molecule has 0 bridgehead atoms.